The van der Waals surface area contributed by atoms with Crippen LogP contribution >= 0.6 is 11.8 Å². The lowest BCUT2D eigenvalue weighted by atomic mass is 10.6. The summed E-state index contributed by atoms with van der Waals surface area (Å²) in [6.07, 6.45) is 1.39. The zero-order chi connectivity index (χ0) is 6.24. The summed E-state index contributed by atoms with van der Waals surface area (Å²) in [7, 11) is 0. The normalized spacial score (nSPS) is 7.88. The summed E-state index contributed by atoms with van der Waals surface area (Å²) in [6, 6.07) is 1.99. The van der Waals surface area contributed by atoms with Gasteiger partial charge in [0.05, 0.1) is 6.07 Å². The van der Waals surface area contributed by atoms with E-state index in [9.17, 15) is 4.79 Å². The predicted molar refractivity (Wildman–Crippen MR) is 33.6 cm³/mol. The fraction of sp³-hybridized carbons (Fsp3) is 0.600. The second-order valence-electron chi connectivity index (χ2n) is 1.15. The summed E-state index contributed by atoms with van der Waals surface area (Å²) in [5.74, 6) is 1.29. The maximum absolute atomic E-state index is 9.66. The summed E-state index contributed by atoms with van der Waals surface area (Å²) in [4.78, 5) is 9.66. The van der Waals surface area contributed by atoms with Crippen LogP contribution in [-0.4, -0.2) is 17.8 Å². The third-order valence-corrected chi connectivity index (χ3v) is 1.41. The van der Waals surface area contributed by atoms with Crippen LogP contribution in [0.15, 0.2) is 0 Å². The second kappa shape index (κ2) is 6.51. The number of thioether (sulfide) groups is 1. The molecule has 0 aromatic heterocycles. The van der Waals surface area contributed by atoms with Gasteiger partial charge in [0.15, 0.2) is 0 Å². The van der Waals surface area contributed by atoms with E-state index in [1.807, 2.05) is 6.07 Å². The van der Waals surface area contributed by atoms with E-state index in [4.69, 9.17) is 5.26 Å². The van der Waals surface area contributed by atoms with Crippen LogP contribution < -0.4 is 0 Å². The molecule has 0 rings (SSSR count). The summed E-state index contributed by atoms with van der Waals surface area (Å²) in [6.45, 7) is 0. The van der Waals surface area contributed by atoms with Gasteiger partial charge in [-0.3, -0.25) is 0 Å². The van der Waals surface area contributed by atoms with Crippen LogP contribution in [0.5, 0.6) is 0 Å². The van der Waals surface area contributed by atoms with Crippen LogP contribution in [0.2, 0.25) is 0 Å². The Morgan fingerprint density at radius 1 is 1.75 bits per heavy atom. The lowest BCUT2D eigenvalue weighted by molar-refractivity contribution is -0.105. The number of carbonyl (C=O) groups excluding carboxylic acids is 1. The number of hydrogen-bond acceptors (Lipinski definition) is 3. The van der Waals surface area contributed by atoms with E-state index in [2.05, 4.69) is 0 Å². The summed E-state index contributed by atoms with van der Waals surface area (Å²) in [5.41, 5.74) is 0. The second-order valence-corrected chi connectivity index (χ2v) is 2.30. The average Bonchev–Trinajstić information content (AvgIpc) is 1.81. The highest BCUT2D eigenvalue weighted by Gasteiger charge is 1.83. The number of carbonyl (C=O) groups is 1. The Morgan fingerprint density at radius 3 is 3.00 bits per heavy atom. The first-order chi connectivity index (χ1) is 3.91. The molecule has 44 valence electrons. The van der Waals surface area contributed by atoms with E-state index in [1.54, 1.807) is 0 Å². The Morgan fingerprint density at radius 2 is 2.50 bits per heavy atom. The number of nitriles is 1. The molecule has 0 saturated carbocycles. The Hall–Kier alpha value is -0.490. The standard InChI is InChI=1S/C5H7NOS/c6-2-1-4-8-5-3-7/h3H,1,4-5H2. The highest BCUT2D eigenvalue weighted by molar-refractivity contribution is 7.99. The molecule has 0 saturated heterocycles. The first-order valence-electron chi connectivity index (χ1n) is 2.30. The quantitative estimate of drug-likeness (QED) is 0.417. The molecule has 0 N–H and O–H groups in total. The fourth-order valence-corrected chi connectivity index (χ4v) is 0.748. The van der Waals surface area contributed by atoms with Crippen molar-refractivity contribution in [1.29, 1.82) is 5.26 Å². The smallest absolute Gasteiger partial charge is 0.129 e. The number of aldehydes is 1. The first-order valence-corrected chi connectivity index (χ1v) is 3.45. The van der Waals surface area contributed by atoms with Crippen LogP contribution in [0.4, 0.5) is 0 Å². The lowest BCUT2D eigenvalue weighted by Gasteiger charge is -1.85. The van der Waals surface area contributed by atoms with Gasteiger partial charge in [0.1, 0.15) is 6.29 Å². The molecule has 0 aliphatic carbocycles. The van der Waals surface area contributed by atoms with Crippen molar-refractivity contribution < 1.29 is 4.79 Å². The zero-order valence-electron chi connectivity index (χ0n) is 4.46. The molecule has 0 fully saturated rings. The molecule has 0 aliphatic rings. The minimum atomic E-state index is 0.516. The summed E-state index contributed by atoms with van der Waals surface area (Å²) in [5, 5.41) is 8.01. The molecule has 0 aliphatic heterocycles. The molecule has 0 heterocycles. The molecule has 0 amide bonds. The van der Waals surface area contributed by atoms with Crippen LogP contribution in [-0.2, 0) is 4.79 Å². The Kier molecular flexibility index (Phi) is 6.11. The molecule has 0 unspecified atom stereocenters. The van der Waals surface area contributed by atoms with Crippen molar-refractivity contribution in [1.82, 2.24) is 0 Å². The van der Waals surface area contributed by atoms with Crippen molar-refractivity contribution in [3.63, 3.8) is 0 Å². The molecule has 0 atom stereocenters. The highest BCUT2D eigenvalue weighted by atomic mass is 32.2. The van der Waals surface area contributed by atoms with Gasteiger partial charge >= 0.3 is 0 Å². The van der Waals surface area contributed by atoms with Gasteiger partial charge in [0.2, 0.25) is 0 Å². The van der Waals surface area contributed by atoms with Crippen LogP contribution in [0, 0.1) is 11.3 Å². The minimum Gasteiger partial charge on any atom is -0.302 e. The largest absolute Gasteiger partial charge is 0.302 e. The molecular weight excluding hydrogens is 122 g/mol. The van der Waals surface area contributed by atoms with Crippen LogP contribution in [0.3, 0.4) is 0 Å². The van der Waals surface area contributed by atoms with Gasteiger partial charge in [0, 0.05) is 17.9 Å². The topological polar surface area (TPSA) is 40.9 Å². The van der Waals surface area contributed by atoms with Crippen molar-refractivity contribution in [3.8, 4) is 6.07 Å². The zero-order valence-corrected chi connectivity index (χ0v) is 5.28. The fourth-order valence-electron chi connectivity index (χ4n) is 0.249. The van der Waals surface area contributed by atoms with Gasteiger partial charge in [-0.05, 0) is 0 Å². The maximum Gasteiger partial charge on any atom is 0.129 e. The molecule has 0 spiro atoms. The average molecular weight is 129 g/mol. The van der Waals surface area contributed by atoms with E-state index in [0.717, 1.165) is 12.0 Å². The molecule has 3 heteroatoms. The van der Waals surface area contributed by atoms with E-state index < -0.39 is 0 Å². The number of hydrogen-bond donors (Lipinski definition) is 0. The molecule has 0 aromatic carbocycles. The third-order valence-electron chi connectivity index (χ3n) is 0.544. The Bertz CT molecular complexity index is 97.1. The van der Waals surface area contributed by atoms with Gasteiger partial charge in [0.25, 0.3) is 0 Å². The van der Waals surface area contributed by atoms with Gasteiger partial charge in [-0.25, -0.2) is 0 Å². The van der Waals surface area contributed by atoms with E-state index in [-0.39, 0.29) is 0 Å². The Labute approximate surface area is 52.9 Å². The minimum absolute atomic E-state index is 0.516. The number of rotatable bonds is 4. The number of nitrogens with zero attached hydrogens (tertiary/aromatic N) is 1. The van der Waals surface area contributed by atoms with Gasteiger partial charge in [-0.2, -0.15) is 17.0 Å². The van der Waals surface area contributed by atoms with Crippen LogP contribution in [0.1, 0.15) is 6.42 Å². The summed E-state index contributed by atoms with van der Waals surface area (Å²) >= 11 is 1.49. The monoisotopic (exact) mass is 129 g/mol. The van der Waals surface area contributed by atoms with Gasteiger partial charge in [-0.15, -0.1) is 0 Å². The lowest BCUT2D eigenvalue weighted by Crippen LogP contribution is -1.80. The molecule has 8 heavy (non-hydrogen) atoms. The Balaban J connectivity index is 2.74. The van der Waals surface area contributed by atoms with Crippen molar-refractivity contribution >= 4 is 18.0 Å². The first kappa shape index (κ1) is 7.51. The van der Waals surface area contributed by atoms with Crippen molar-refractivity contribution in [3.05, 3.63) is 0 Å². The molecule has 0 bridgehead atoms. The molecule has 0 aromatic rings. The maximum atomic E-state index is 9.66. The summed E-state index contributed by atoms with van der Waals surface area (Å²) < 4.78 is 0. The van der Waals surface area contributed by atoms with Crippen LogP contribution in [0.25, 0.3) is 0 Å². The third kappa shape index (κ3) is 5.51. The molecule has 0 radical (unpaired) electrons. The van der Waals surface area contributed by atoms with E-state index in [0.29, 0.717) is 12.2 Å². The van der Waals surface area contributed by atoms with E-state index >= 15 is 0 Å². The van der Waals surface area contributed by atoms with Crippen molar-refractivity contribution in [2.75, 3.05) is 11.5 Å². The molecular formula is C5H7NOS. The predicted octanol–water partition coefficient (Wildman–Crippen LogP) is 0.832. The van der Waals surface area contributed by atoms with Gasteiger partial charge < -0.3 is 4.79 Å². The van der Waals surface area contributed by atoms with Gasteiger partial charge in [-0.1, -0.05) is 0 Å². The SMILES string of the molecule is N#CCCSCC=O. The van der Waals surface area contributed by atoms with Crippen molar-refractivity contribution in [2.45, 2.75) is 6.42 Å². The van der Waals surface area contributed by atoms with Crippen molar-refractivity contribution in [2.24, 2.45) is 0 Å². The highest BCUT2D eigenvalue weighted by Crippen LogP contribution is 1.97. The molecule has 2 nitrogen and oxygen atoms in total. The van der Waals surface area contributed by atoms with E-state index in [1.165, 1.54) is 11.8 Å².